The topological polar surface area (TPSA) is 21.3 Å². The summed E-state index contributed by atoms with van der Waals surface area (Å²) in [7, 11) is -4.94. The van der Waals surface area contributed by atoms with E-state index in [0.29, 0.717) is 0 Å². The smallest absolute Gasteiger partial charge is 0.314 e. The Labute approximate surface area is 102 Å². The molecule has 0 amide bonds. The van der Waals surface area contributed by atoms with Crippen LogP contribution in [-0.4, -0.2) is 16.9 Å². The lowest BCUT2D eigenvalue weighted by atomic mass is 10.2. The Hall–Kier alpha value is 0.284. The van der Waals surface area contributed by atoms with Gasteiger partial charge in [-0.15, -0.1) is 0 Å². The highest BCUT2D eigenvalue weighted by Crippen LogP contribution is 2.52. The number of hydrogen-bond acceptors (Lipinski definition) is 2. The fourth-order valence-corrected chi connectivity index (χ4v) is 6.30. The SMILES string of the molecule is CC(C)(C)[Si](F)(ON[Si](C)(C)C)C(C)(C)C. The zero-order valence-electron chi connectivity index (χ0n) is 12.3. The van der Waals surface area contributed by atoms with Gasteiger partial charge >= 0.3 is 8.65 Å². The first kappa shape index (κ1) is 16.3. The molecule has 0 saturated heterocycles. The Morgan fingerprint density at radius 1 is 0.875 bits per heavy atom. The standard InChI is InChI=1S/C11H28FNOSi2/c1-10(2,3)16(12,11(4,5)6)14-13-15(7,8)9/h13H,1-9H3. The molecule has 0 radical (unpaired) electrons. The Kier molecular flexibility index (Phi) is 4.59. The Morgan fingerprint density at radius 2 is 1.19 bits per heavy atom. The second-order valence-corrected chi connectivity index (χ2v) is 16.6. The molecule has 0 aromatic carbocycles. The van der Waals surface area contributed by atoms with E-state index >= 15 is 4.11 Å². The lowest BCUT2D eigenvalue weighted by molar-refractivity contribution is 0.175. The minimum Gasteiger partial charge on any atom is -0.314 e. The van der Waals surface area contributed by atoms with Gasteiger partial charge in [-0.2, -0.15) is 0 Å². The van der Waals surface area contributed by atoms with Crippen LogP contribution in [0.3, 0.4) is 0 Å². The molecule has 0 heterocycles. The Bertz CT molecular complexity index is 224. The summed E-state index contributed by atoms with van der Waals surface area (Å²) < 4.78 is 20.8. The highest BCUT2D eigenvalue weighted by molar-refractivity contribution is 6.76. The molecular weight excluding hydrogens is 237 g/mol. The molecule has 1 N–H and O–H groups in total. The molecule has 98 valence electrons. The van der Waals surface area contributed by atoms with Crippen molar-refractivity contribution >= 4 is 16.9 Å². The van der Waals surface area contributed by atoms with Crippen LogP contribution in [0.25, 0.3) is 0 Å². The van der Waals surface area contributed by atoms with Gasteiger partial charge in [0.1, 0.15) is 8.24 Å². The van der Waals surface area contributed by atoms with Crippen molar-refractivity contribution in [3.05, 3.63) is 0 Å². The van der Waals surface area contributed by atoms with Crippen LogP contribution in [0.5, 0.6) is 0 Å². The molecule has 0 saturated carbocycles. The number of nitrogens with one attached hydrogen (secondary N) is 1. The van der Waals surface area contributed by atoms with Crippen molar-refractivity contribution in [2.45, 2.75) is 71.3 Å². The average Bonchev–Trinajstić information content (AvgIpc) is 1.93. The van der Waals surface area contributed by atoms with Crippen LogP contribution in [0.15, 0.2) is 0 Å². The van der Waals surface area contributed by atoms with Crippen LogP contribution in [-0.2, 0) is 4.53 Å². The van der Waals surface area contributed by atoms with E-state index in [1.807, 2.05) is 41.5 Å². The van der Waals surface area contributed by atoms with Crippen LogP contribution in [0.2, 0.25) is 29.7 Å². The summed E-state index contributed by atoms with van der Waals surface area (Å²) in [4.78, 5) is 0. The first-order chi connectivity index (χ1) is 6.71. The van der Waals surface area contributed by atoms with Crippen molar-refractivity contribution in [3.63, 3.8) is 0 Å². The molecule has 2 nitrogen and oxygen atoms in total. The van der Waals surface area contributed by atoms with Gasteiger partial charge in [-0.05, 0) is 0 Å². The van der Waals surface area contributed by atoms with Gasteiger partial charge in [0, 0.05) is 10.1 Å². The average molecular weight is 266 g/mol. The second-order valence-electron chi connectivity index (χ2n) is 7.55. The number of rotatable bonds is 3. The molecular formula is C11H28FNOSi2. The van der Waals surface area contributed by atoms with E-state index in [-0.39, 0.29) is 0 Å². The van der Waals surface area contributed by atoms with Gasteiger partial charge in [0.05, 0.1) is 0 Å². The third kappa shape index (κ3) is 3.94. The van der Waals surface area contributed by atoms with Crippen molar-refractivity contribution < 1.29 is 8.63 Å². The fraction of sp³-hybridized carbons (Fsp3) is 1.00. The monoisotopic (exact) mass is 265 g/mol. The van der Waals surface area contributed by atoms with Crippen LogP contribution in [0.4, 0.5) is 4.11 Å². The van der Waals surface area contributed by atoms with Gasteiger partial charge in [0.15, 0.2) is 0 Å². The minimum absolute atomic E-state index is 0.433. The third-order valence-electron chi connectivity index (χ3n) is 2.43. The zero-order chi connectivity index (χ0) is 13.4. The summed E-state index contributed by atoms with van der Waals surface area (Å²) in [5.41, 5.74) is 0. The molecule has 0 fully saturated rings. The van der Waals surface area contributed by atoms with Gasteiger partial charge in [0.25, 0.3) is 0 Å². The maximum Gasteiger partial charge on any atom is 0.410 e. The summed E-state index contributed by atoms with van der Waals surface area (Å²) in [5, 5.41) is 2.14. The number of halogens is 1. The minimum atomic E-state index is -3.34. The first-order valence-electron chi connectivity index (χ1n) is 5.85. The van der Waals surface area contributed by atoms with Crippen LogP contribution >= 0.6 is 0 Å². The van der Waals surface area contributed by atoms with E-state index < -0.39 is 27.0 Å². The van der Waals surface area contributed by atoms with Crippen molar-refractivity contribution in [1.29, 1.82) is 0 Å². The van der Waals surface area contributed by atoms with Crippen molar-refractivity contribution in [3.8, 4) is 0 Å². The van der Waals surface area contributed by atoms with Gasteiger partial charge in [-0.25, -0.2) is 5.15 Å². The van der Waals surface area contributed by atoms with Crippen LogP contribution in [0.1, 0.15) is 41.5 Å². The first-order valence-corrected chi connectivity index (χ1v) is 11.1. The molecule has 5 heteroatoms. The molecule has 16 heavy (non-hydrogen) atoms. The van der Waals surface area contributed by atoms with E-state index in [2.05, 4.69) is 24.8 Å². The second kappa shape index (κ2) is 4.51. The Balaban J connectivity index is 5.00. The van der Waals surface area contributed by atoms with Gasteiger partial charge in [-0.1, -0.05) is 61.2 Å². The van der Waals surface area contributed by atoms with E-state index in [1.54, 1.807) is 0 Å². The fourth-order valence-electron chi connectivity index (χ4n) is 1.65. The maximum absolute atomic E-state index is 15.2. The molecule has 0 aromatic heterocycles. The normalized spacial score (nSPS) is 15.4. The quantitative estimate of drug-likeness (QED) is 0.465. The highest BCUT2D eigenvalue weighted by Gasteiger charge is 2.58. The summed E-state index contributed by atoms with van der Waals surface area (Å²) in [6.45, 7) is 17.9. The van der Waals surface area contributed by atoms with Crippen molar-refractivity contribution in [2.24, 2.45) is 0 Å². The lowest BCUT2D eigenvalue weighted by Crippen LogP contribution is -2.57. The van der Waals surface area contributed by atoms with E-state index in [1.165, 1.54) is 0 Å². The molecule has 0 aromatic rings. The van der Waals surface area contributed by atoms with E-state index in [9.17, 15) is 0 Å². The van der Waals surface area contributed by atoms with Crippen LogP contribution < -0.4 is 5.15 Å². The van der Waals surface area contributed by atoms with E-state index in [0.717, 1.165) is 0 Å². The number of hydrogen-bond donors (Lipinski definition) is 1. The molecule has 0 spiro atoms. The summed E-state index contributed by atoms with van der Waals surface area (Å²) >= 11 is 0. The van der Waals surface area contributed by atoms with Gasteiger partial charge in [0.2, 0.25) is 0 Å². The summed E-state index contributed by atoms with van der Waals surface area (Å²) in [6.07, 6.45) is 0. The van der Waals surface area contributed by atoms with Crippen molar-refractivity contribution in [1.82, 2.24) is 5.15 Å². The maximum atomic E-state index is 15.2. The molecule has 0 aliphatic carbocycles. The van der Waals surface area contributed by atoms with Gasteiger partial charge < -0.3 is 4.53 Å². The molecule has 0 unspecified atom stereocenters. The van der Waals surface area contributed by atoms with Gasteiger partial charge in [-0.3, -0.25) is 4.11 Å². The third-order valence-corrected chi connectivity index (χ3v) is 7.59. The zero-order valence-corrected chi connectivity index (χ0v) is 14.3. The van der Waals surface area contributed by atoms with E-state index in [4.69, 9.17) is 4.53 Å². The summed E-state index contributed by atoms with van der Waals surface area (Å²) in [5.74, 6) is 0. The Morgan fingerprint density at radius 3 is 1.38 bits per heavy atom. The largest absolute Gasteiger partial charge is 0.410 e. The summed E-state index contributed by atoms with van der Waals surface area (Å²) in [6, 6.07) is 0. The van der Waals surface area contributed by atoms with Crippen LogP contribution in [0, 0.1) is 0 Å². The molecule has 0 aliphatic heterocycles. The molecule has 0 bridgehead atoms. The molecule has 0 rings (SSSR count). The lowest BCUT2D eigenvalue weighted by Gasteiger charge is -2.44. The van der Waals surface area contributed by atoms with Crippen molar-refractivity contribution in [2.75, 3.05) is 0 Å². The predicted molar refractivity (Wildman–Crippen MR) is 73.9 cm³/mol. The molecule has 0 atom stereocenters. The highest BCUT2D eigenvalue weighted by atomic mass is 28.4. The molecule has 0 aliphatic rings. The predicted octanol–water partition coefficient (Wildman–Crippen LogP) is 4.35.